The van der Waals surface area contributed by atoms with Crippen molar-refractivity contribution in [3.05, 3.63) is 211 Å². The minimum atomic E-state index is -3.22. The van der Waals surface area contributed by atoms with Crippen LogP contribution < -0.4 is 47.6 Å². The molecule has 8 aromatic heterocycles. The average molecular weight is 2030 g/mol. The molecule has 4 aromatic carbocycles. The molecule has 8 bridgehead atoms. The van der Waals surface area contributed by atoms with Gasteiger partial charge in [-0.05, 0) is 182 Å². The third-order valence-corrected chi connectivity index (χ3v) is 22.4. The number of rotatable bonds is 1. The van der Waals surface area contributed by atoms with E-state index >= 15 is 0 Å². The second-order valence-electron chi connectivity index (χ2n) is 33.3. The maximum Gasteiger partial charge on any atom is 0.339 e. The maximum atomic E-state index is 14.3. The summed E-state index contributed by atoms with van der Waals surface area (Å²) >= 11 is 20.3. The molecular weight excluding hydrogens is 1950 g/mol. The van der Waals surface area contributed by atoms with Gasteiger partial charge in [-0.15, -0.1) is 12.4 Å². The van der Waals surface area contributed by atoms with Crippen LogP contribution in [0.5, 0.6) is 23.5 Å². The van der Waals surface area contributed by atoms with Gasteiger partial charge in [0.15, 0.2) is 29.1 Å². The first-order chi connectivity index (χ1) is 65.5. The molecule has 140 heavy (non-hydrogen) atoms. The number of hydrogen-bond donors (Lipinski definition) is 5. The minimum Gasteiger partial charge on any atom is -0.468 e. The van der Waals surface area contributed by atoms with Crippen LogP contribution in [0.2, 0.25) is 0 Å². The van der Waals surface area contributed by atoms with Gasteiger partial charge in [-0.3, -0.25) is 67.2 Å². The number of Topliss-reactive ketones (excluding diaryl/α,β-unsaturated/α-hetero) is 1. The minimum absolute atomic E-state index is 0. The van der Waals surface area contributed by atoms with Crippen molar-refractivity contribution >= 4 is 127 Å². The molecule has 12 aromatic rings. The van der Waals surface area contributed by atoms with Crippen LogP contribution in [0.25, 0.3) is 45.0 Å². The number of ether oxygens (including phenoxy) is 5. The topological polar surface area (TPSA) is 575 Å². The third kappa shape index (κ3) is 21.9. The van der Waals surface area contributed by atoms with E-state index in [0.717, 1.165) is 0 Å². The molecule has 0 fully saturated rings. The van der Waals surface area contributed by atoms with Crippen LogP contribution in [0.4, 0.5) is 40.8 Å². The number of carbonyl (C=O) groups is 4. The number of aromatic nitrogens is 16. The SMILES string of the molecule is COC(=O)C(C)(C)N.C[C@H]1Oc2nc(cnc2N)-c2c(nn(C)c2C#N)CCC(=O)c2ccc(F)cc21.C[C@H]1Oc2nc(cnc2N)-c2c(nn(C)c2C#N)CN2C(=O)C(C)(C)N=C2c2ccc(F)cc21.C[C@H]1Oc2nc(cnc2N)-c2c(nn(C)c2C#N)CN2C(=O)C(C)(C)N=C2c2ccc(F)cc21.C[C@H]1Oc2nc(cnc2N)-c2c(nn(C)c2C#N)CN=C(Cl)c2ccc(F)cc21.Cl.O=P(Cl)(Cl)Cl. The number of aryl methyl sites for hydroxylation is 5. The summed E-state index contributed by atoms with van der Waals surface area (Å²) in [6.07, 6.45) is 3.42. The average Bonchev–Trinajstić information content (AvgIpc) is 1.60. The van der Waals surface area contributed by atoms with Crippen LogP contribution in [0, 0.1) is 68.6 Å². The lowest BCUT2D eigenvalue weighted by Gasteiger charge is -2.24. The van der Waals surface area contributed by atoms with Crippen molar-refractivity contribution in [1.29, 1.82) is 21.0 Å². The number of methoxy groups -OCH3 is 1. The largest absolute Gasteiger partial charge is 0.468 e. The normalized spacial score (nSPS) is 16.6. The second-order valence-corrected chi connectivity index (χ2v) is 40.3. The predicted molar refractivity (Wildman–Crippen MR) is 509 cm³/mol. The van der Waals surface area contributed by atoms with Crippen molar-refractivity contribution < 1.29 is 65.0 Å². The Labute approximate surface area is 821 Å². The number of nitriles is 4. The van der Waals surface area contributed by atoms with E-state index in [2.05, 4.69) is 138 Å². The number of nitrogen functional groups attached to an aromatic ring is 4. The first-order valence-corrected chi connectivity index (χ1v) is 46.6. The Bertz CT molecular complexity index is 7130. The van der Waals surface area contributed by atoms with Crippen LogP contribution in [0.1, 0.15) is 195 Å². The summed E-state index contributed by atoms with van der Waals surface area (Å²) in [6, 6.07) is 25.1. The van der Waals surface area contributed by atoms with Gasteiger partial charge < -0.3 is 52.4 Å². The molecule has 10 N–H and O–H groups in total. The first-order valence-electron chi connectivity index (χ1n) is 41.8. The number of amides is 2. The fourth-order valence-electron chi connectivity index (χ4n) is 15.5. The Balaban J connectivity index is 0.000000160. The van der Waals surface area contributed by atoms with E-state index in [1.54, 1.807) is 110 Å². The number of nitrogens with zero attached hydrogens (tertiary/aromatic N) is 25. The molecule has 6 aliphatic heterocycles. The smallest absolute Gasteiger partial charge is 0.339 e. The molecule has 14 heterocycles. The van der Waals surface area contributed by atoms with E-state index in [9.17, 15) is 62.4 Å². The standard InChI is InChI=1S/2C23H21FN8O2.C20H17FN6O2.C19H15ClFN7O.C5H11NO2.Cl3OP.ClH/c2*1-11-14-7-12(24)5-6-13(14)20-29-23(2,3)22(33)32(20)10-16-18(17(8-25)31(4)30-16)15-9-27-19(26)21(28-15)34-11;1-10-13-7-11(21)3-4-12(13)17(28)6-5-14-18(16(8-22)27(2)26-14)15-9-24-19(23)20(25-15)29-10;1-9-12-5-10(21)3-4-11(12)17(20)24-8-14-16(15(6-22)28(2)27-14)13-7-25-18(23)19(26-13)29-9;1-5(2,6)4(7)8-3;1-5(2,3)4;/h2*5-7,9,11H,10H2,1-4H3,(H2,26,27);3-4,7,9-10H,5-6H2,1-2H3,(H2,23,24);3-5,7,9H,8H2,1-2H3,(H2,23,25);6H2,1-3H3;;1H/t2*11-;10-;9-;;;/m1111.../s1. The maximum absolute atomic E-state index is 14.3. The summed E-state index contributed by atoms with van der Waals surface area (Å²) in [5.41, 5.74) is 36.3. The Morgan fingerprint density at radius 1 is 0.486 bits per heavy atom. The van der Waals surface area contributed by atoms with Gasteiger partial charge in [0.25, 0.3) is 35.3 Å². The van der Waals surface area contributed by atoms with E-state index in [4.69, 9.17) is 59.2 Å². The number of fused-ring (bicyclic) bond motifs is 24. The van der Waals surface area contributed by atoms with Gasteiger partial charge in [0.05, 0.1) is 119 Å². The lowest BCUT2D eigenvalue weighted by Crippen LogP contribution is -2.42. The molecule has 0 saturated carbocycles. The number of ketones is 1. The summed E-state index contributed by atoms with van der Waals surface area (Å²) in [5.74, 6) is -1.75. The van der Waals surface area contributed by atoms with Crippen LogP contribution in [-0.4, -0.2) is 153 Å². The summed E-state index contributed by atoms with van der Waals surface area (Å²) in [4.78, 5) is 101. The van der Waals surface area contributed by atoms with E-state index in [1.165, 1.54) is 121 Å². The monoisotopic (exact) mass is 2030 g/mol. The van der Waals surface area contributed by atoms with Crippen LogP contribution in [-0.2, 0) is 77.9 Å². The molecule has 18 rings (SSSR count). The Morgan fingerprint density at radius 3 is 1.07 bits per heavy atom. The summed E-state index contributed by atoms with van der Waals surface area (Å²) in [5, 5.41) is 53.5. The highest BCUT2D eigenvalue weighted by Gasteiger charge is 2.46. The van der Waals surface area contributed by atoms with Crippen molar-refractivity contribution in [2.75, 3.05) is 30.0 Å². The van der Waals surface area contributed by atoms with Gasteiger partial charge in [-0.25, -0.2) is 57.4 Å². The molecule has 2 amide bonds. The first kappa shape index (κ1) is 104. The highest BCUT2D eigenvalue weighted by molar-refractivity contribution is 8.24. The molecule has 50 heteroatoms. The van der Waals surface area contributed by atoms with Crippen LogP contribution >= 0.6 is 62.9 Å². The Hall–Kier alpha value is -15.2. The number of benzene rings is 4. The molecule has 6 aliphatic rings. The lowest BCUT2D eigenvalue weighted by molar-refractivity contribution is -0.145. The zero-order valence-electron chi connectivity index (χ0n) is 77.1. The second kappa shape index (κ2) is 41.3. The molecular formula is C90H86Cl5F4N30O10P. The quantitative estimate of drug-likeness (QED) is 0.0579. The molecule has 0 radical (unpaired) electrons. The number of anilines is 4. The molecule has 0 spiro atoms. The van der Waals surface area contributed by atoms with E-state index < -0.39 is 75.5 Å². The molecule has 0 aliphatic carbocycles. The van der Waals surface area contributed by atoms with E-state index in [1.807, 2.05) is 0 Å². The van der Waals surface area contributed by atoms with Crippen LogP contribution in [0.3, 0.4) is 0 Å². The molecule has 40 nitrogen and oxygen atoms in total. The number of esters is 1. The van der Waals surface area contributed by atoms with Gasteiger partial charge in [0, 0.05) is 79.1 Å². The molecule has 0 unspecified atom stereocenters. The van der Waals surface area contributed by atoms with Gasteiger partial charge >= 0.3 is 11.2 Å². The Kier molecular flexibility index (Phi) is 30.6. The number of amidine groups is 2. The number of aliphatic imine (C=N–C) groups is 3. The van der Waals surface area contributed by atoms with E-state index in [0.29, 0.717) is 135 Å². The van der Waals surface area contributed by atoms with E-state index in [-0.39, 0.29) is 126 Å². The van der Waals surface area contributed by atoms with Gasteiger partial charge in [-0.1, -0.05) is 11.6 Å². The summed E-state index contributed by atoms with van der Waals surface area (Å²) < 4.78 is 99.8. The zero-order valence-corrected chi connectivity index (χ0v) is 81.8. The number of halogens is 9. The van der Waals surface area contributed by atoms with Crippen molar-refractivity contribution in [3.63, 3.8) is 0 Å². The molecule has 4 atom stereocenters. The third-order valence-electron chi connectivity index (χ3n) is 22.1. The summed E-state index contributed by atoms with van der Waals surface area (Å²) in [7, 11) is 7.88. The van der Waals surface area contributed by atoms with Gasteiger partial charge in [0.1, 0.15) is 128 Å². The number of nitrogens with two attached hydrogens (primary N) is 5. The number of hydrogen-bond acceptors (Lipinski definition) is 34. The summed E-state index contributed by atoms with van der Waals surface area (Å²) in [6.45, 7) is 17.0. The lowest BCUT2D eigenvalue weighted by atomic mass is 9.95. The zero-order chi connectivity index (χ0) is 101. The van der Waals surface area contributed by atoms with Gasteiger partial charge in [-0.2, -0.15) is 41.4 Å². The number of carbonyl (C=O) groups excluding carboxylic acids is 4. The van der Waals surface area contributed by atoms with Crippen molar-refractivity contribution in [2.24, 2.45) is 48.9 Å². The highest BCUT2D eigenvalue weighted by atomic mass is 36.0. The van der Waals surface area contributed by atoms with Crippen LogP contribution in [0.15, 0.2) is 113 Å². The van der Waals surface area contributed by atoms with Crippen molar-refractivity contribution in [1.82, 2.24) is 88.8 Å². The van der Waals surface area contributed by atoms with Gasteiger partial charge in [0.2, 0.25) is 0 Å². The predicted octanol–water partition coefficient (Wildman–Crippen LogP) is 14.0. The van der Waals surface area contributed by atoms with Crippen molar-refractivity contribution in [3.8, 4) is 92.8 Å². The fourth-order valence-corrected chi connectivity index (χ4v) is 15.7. The molecule has 724 valence electrons. The Morgan fingerprint density at radius 2 is 0.764 bits per heavy atom. The van der Waals surface area contributed by atoms with Crippen molar-refractivity contribution in [2.45, 2.75) is 143 Å². The fraction of sp³-hybridized carbons (Fsp3) is 0.300. The molecule has 0 saturated heterocycles. The highest BCUT2D eigenvalue weighted by Crippen LogP contribution is 2.61.